The first-order valence-electron chi connectivity index (χ1n) is 8.84. The smallest absolute Gasteiger partial charge is 0.130 e. The summed E-state index contributed by atoms with van der Waals surface area (Å²) >= 11 is 1.77. The van der Waals surface area contributed by atoms with Crippen LogP contribution < -0.4 is 4.74 Å². The molecule has 4 rings (SSSR count). The maximum absolute atomic E-state index is 9.12. The summed E-state index contributed by atoms with van der Waals surface area (Å²) in [4.78, 5) is 2.46. The van der Waals surface area contributed by atoms with Crippen molar-refractivity contribution in [3.05, 3.63) is 88.3 Å². The van der Waals surface area contributed by atoms with Gasteiger partial charge in [0.25, 0.3) is 0 Å². The Hall–Kier alpha value is -3.09. The van der Waals surface area contributed by atoms with E-state index >= 15 is 0 Å². The van der Waals surface area contributed by atoms with E-state index in [0.717, 1.165) is 23.1 Å². The molecule has 0 unspecified atom stereocenters. The highest BCUT2D eigenvalue weighted by Crippen LogP contribution is 2.36. The second-order valence-corrected chi connectivity index (χ2v) is 7.74. The normalized spacial score (nSPS) is 10.7. The zero-order chi connectivity index (χ0) is 18.8. The minimum atomic E-state index is 0.689. The highest BCUT2D eigenvalue weighted by Gasteiger charge is 2.13. The first-order chi connectivity index (χ1) is 13.2. The third kappa shape index (κ3) is 3.32. The largest absolute Gasteiger partial charge is 0.496 e. The molecular weight excluding hydrogens is 350 g/mol. The van der Waals surface area contributed by atoms with Gasteiger partial charge in [-0.25, -0.2) is 0 Å². The molecule has 0 saturated heterocycles. The van der Waals surface area contributed by atoms with Crippen LogP contribution >= 0.6 is 11.3 Å². The molecule has 0 atom stereocenters. The first-order valence-corrected chi connectivity index (χ1v) is 9.65. The van der Waals surface area contributed by atoms with E-state index in [0.29, 0.717) is 5.56 Å². The number of nitriles is 1. The highest BCUT2D eigenvalue weighted by atomic mass is 32.1. The lowest BCUT2D eigenvalue weighted by Gasteiger charge is -2.13. The molecule has 132 valence electrons. The van der Waals surface area contributed by atoms with Gasteiger partial charge in [0.05, 0.1) is 18.7 Å². The minimum absolute atomic E-state index is 0.689. The molecule has 1 heterocycles. The lowest BCUT2D eigenvalue weighted by atomic mass is 9.98. The summed E-state index contributed by atoms with van der Waals surface area (Å²) in [7, 11) is 1.74. The van der Waals surface area contributed by atoms with Crippen LogP contribution in [-0.2, 0) is 6.42 Å². The van der Waals surface area contributed by atoms with Crippen LogP contribution in [0.25, 0.3) is 21.2 Å². The fraction of sp³-hybridized carbons (Fsp3) is 0.125. The van der Waals surface area contributed by atoms with Crippen LogP contribution in [0.2, 0.25) is 0 Å². The van der Waals surface area contributed by atoms with E-state index in [-0.39, 0.29) is 0 Å². The van der Waals surface area contributed by atoms with E-state index in [9.17, 15) is 0 Å². The SMILES string of the molecule is COc1c(Cc2ccc(-c3cccc(C#N)c3)s2)cc(C)c2ccccc12. The number of thiophene rings is 1. The quantitative estimate of drug-likeness (QED) is 0.420. The number of aryl methyl sites for hydroxylation is 1. The van der Waals surface area contributed by atoms with Gasteiger partial charge in [-0.1, -0.05) is 42.5 Å². The van der Waals surface area contributed by atoms with Gasteiger partial charge in [0, 0.05) is 27.1 Å². The van der Waals surface area contributed by atoms with E-state index in [1.165, 1.54) is 26.3 Å². The Kier molecular flexibility index (Phi) is 4.66. The minimum Gasteiger partial charge on any atom is -0.496 e. The lowest BCUT2D eigenvalue weighted by Crippen LogP contribution is -1.95. The Labute approximate surface area is 163 Å². The first kappa shape index (κ1) is 17.3. The molecule has 3 aromatic carbocycles. The third-order valence-electron chi connectivity index (χ3n) is 4.79. The molecule has 0 aliphatic rings. The summed E-state index contributed by atoms with van der Waals surface area (Å²) in [6, 6.07) is 24.9. The number of nitrogens with zero attached hydrogens (tertiary/aromatic N) is 1. The Morgan fingerprint density at radius 1 is 0.963 bits per heavy atom. The standard InChI is InChI=1S/C24H19NOS/c1-16-12-19(24(26-2)22-9-4-3-8-21(16)22)14-20-10-11-23(27-20)18-7-5-6-17(13-18)15-25/h3-13H,14H2,1-2H3. The van der Waals surface area contributed by atoms with Gasteiger partial charge < -0.3 is 4.74 Å². The van der Waals surface area contributed by atoms with Crippen LogP contribution in [-0.4, -0.2) is 7.11 Å². The maximum atomic E-state index is 9.12. The zero-order valence-corrected chi connectivity index (χ0v) is 16.1. The average molecular weight is 369 g/mol. The summed E-state index contributed by atoms with van der Waals surface area (Å²) in [5.41, 5.74) is 4.24. The monoisotopic (exact) mass is 369 g/mol. The summed E-state index contributed by atoms with van der Waals surface area (Å²) in [5.74, 6) is 0.956. The van der Waals surface area contributed by atoms with Crippen molar-refractivity contribution in [3.8, 4) is 22.3 Å². The van der Waals surface area contributed by atoms with Gasteiger partial charge >= 0.3 is 0 Å². The van der Waals surface area contributed by atoms with E-state index in [1.807, 2.05) is 18.2 Å². The number of benzene rings is 3. The van der Waals surface area contributed by atoms with E-state index in [2.05, 4.69) is 61.5 Å². The maximum Gasteiger partial charge on any atom is 0.130 e. The second kappa shape index (κ2) is 7.26. The Morgan fingerprint density at radius 3 is 2.56 bits per heavy atom. The Morgan fingerprint density at radius 2 is 1.78 bits per heavy atom. The van der Waals surface area contributed by atoms with Gasteiger partial charge in [-0.05, 0) is 47.7 Å². The predicted octanol–water partition coefficient (Wildman–Crippen LogP) is 6.35. The highest BCUT2D eigenvalue weighted by molar-refractivity contribution is 7.15. The molecule has 0 spiro atoms. The zero-order valence-electron chi connectivity index (χ0n) is 15.3. The van der Waals surface area contributed by atoms with Crippen molar-refractivity contribution >= 4 is 22.1 Å². The van der Waals surface area contributed by atoms with Crippen molar-refractivity contribution < 1.29 is 4.74 Å². The number of fused-ring (bicyclic) bond motifs is 1. The van der Waals surface area contributed by atoms with Crippen molar-refractivity contribution in [2.24, 2.45) is 0 Å². The van der Waals surface area contributed by atoms with E-state index < -0.39 is 0 Å². The number of hydrogen-bond acceptors (Lipinski definition) is 3. The topological polar surface area (TPSA) is 33.0 Å². The summed E-state index contributed by atoms with van der Waals surface area (Å²) in [6.45, 7) is 2.15. The van der Waals surface area contributed by atoms with Crippen molar-refractivity contribution in [3.63, 3.8) is 0 Å². The van der Waals surface area contributed by atoms with Gasteiger partial charge in [-0.2, -0.15) is 5.26 Å². The number of ether oxygens (including phenoxy) is 1. The molecule has 0 saturated carbocycles. The summed E-state index contributed by atoms with van der Waals surface area (Å²) < 4.78 is 5.78. The van der Waals surface area contributed by atoms with Crippen LogP contribution in [0.1, 0.15) is 21.6 Å². The van der Waals surface area contributed by atoms with E-state index in [1.54, 1.807) is 18.4 Å². The summed E-state index contributed by atoms with van der Waals surface area (Å²) in [5, 5.41) is 11.5. The molecule has 1 aromatic heterocycles. The van der Waals surface area contributed by atoms with Crippen molar-refractivity contribution in [1.29, 1.82) is 5.26 Å². The fourth-order valence-corrected chi connectivity index (χ4v) is 4.56. The molecule has 0 fully saturated rings. The number of rotatable bonds is 4. The molecular formula is C24H19NOS. The van der Waals surface area contributed by atoms with Crippen LogP contribution in [0.3, 0.4) is 0 Å². The van der Waals surface area contributed by atoms with Crippen molar-refractivity contribution in [2.75, 3.05) is 7.11 Å². The van der Waals surface area contributed by atoms with Crippen LogP contribution in [0, 0.1) is 18.3 Å². The fourth-order valence-electron chi connectivity index (χ4n) is 3.53. The molecule has 2 nitrogen and oxygen atoms in total. The van der Waals surface area contributed by atoms with Gasteiger partial charge in [0.15, 0.2) is 0 Å². The molecule has 4 aromatic rings. The average Bonchev–Trinajstić information content (AvgIpc) is 3.17. The number of methoxy groups -OCH3 is 1. The lowest BCUT2D eigenvalue weighted by molar-refractivity contribution is 0.415. The molecule has 0 bridgehead atoms. The van der Waals surface area contributed by atoms with Gasteiger partial charge in [-0.3, -0.25) is 0 Å². The van der Waals surface area contributed by atoms with Crippen molar-refractivity contribution in [1.82, 2.24) is 0 Å². The molecule has 3 heteroatoms. The summed E-state index contributed by atoms with van der Waals surface area (Å²) in [6.07, 6.45) is 0.831. The van der Waals surface area contributed by atoms with Crippen LogP contribution in [0.4, 0.5) is 0 Å². The third-order valence-corrected chi connectivity index (χ3v) is 5.92. The molecule has 0 radical (unpaired) electrons. The molecule has 0 N–H and O–H groups in total. The van der Waals surface area contributed by atoms with Crippen molar-refractivity contribution in [2.45, 2.75) is 13.3 Å². The van der Waals surface area contributed by atoms with Gasteiger partial charge in [0.2, 0.25) is 0 Å². The van der Waals surface area contributed by atoms with E-state index in [4.69, 9.17) is 10.00 Å². The number of hydrogen-bond donors (Lipinski definition) is 0. The van der Waals surface area contributed by atoms with Gasteiger partial charge in [0.1, 0.15) is 5.75 Å². The van der Waals surface area contributed by atoms with Crippen LogP contribution in [0.5, 0.6) is 5.75 Å². The molecule has 0 aliphatic heterocycles. The second-order valence-electron chi connectivity index (χ2n) is 6.57. The molecule has 0 amide bonds. The molecule has 27 heavy (non-hydrogen) atoms. The Balaban J connectivity index is 1.71. The molecule has 0 aliphatic carbocycles. The van der Waals surface area contributed by atoms with Gasteiger partial charge in [-0.15, -0.1) is 11.3 Å². The van der Waals surface area contributed by atoms with Crippen LogP contribution in [0.15, 0.2) is 66.7 Å². The predicted molar refractivity (Wildman–Crippen MR) is 113 cm³/mol. The Bertz CT molecular complexity index is 1170.